The van der Waals surface area contributed by atoms with Gasteiger partial charge in [-0.3, -0.25) is 9.36 Å². The third-order valence-corrected chi connectivity index (χ3v) is 6.22. The van der Waals surface area contributed by atoms with Gasteiger partial charge >= 0.3 is 0 Å². The summed E-state index contributed by atoms with van der Waals surface area (Å²) in [7, 11) is 0. The van der Waals surface area contributed by atoms with Crippen LogP contribution in [-0.4, -0.2) is 48.9 Å². The Morgan fingerprint density at radius 3 is 2.71 bits per heavy atom. The van der Waals surface area contributed by atoms with Crippen LogP contribution in [0.1, 0.15) is 18.9 Å². The van der Waals surface area contributed by atoms with E-state index in [-0.39, 0.29) is 5.56 Å². The van der Waals surface area contributed by atoms with Gasteiger partial charge in [0, 0.05) is 44.1 Å². The molecular weight excluding hydrogens is 408 g/mol. The molecule has 1 saturated heterocycles. The predicted octanol–water partition coefficient (Wildman–Crippen LogP) is 4.12. The van der Waals surface area contributed by atoms with Crippen molar-refractivity contribution in [1.82, 2.24) is 9.55 Å². The van der Waals surface area contributed by atoms with E-state index in [0.29, 0.717) is 29.9 Å². The minimum Gasteiger partial charge on any atom is -0.378 e. The van der Waals surface area contributed by atoms with Gasteiger partial charge in [0.05, 0.1) is 24.1 Å². The number of rotatable bonds is 7. The second kappa shape index (κ2) is 9.66. The van der Waals surface area contributed by atoms with Crippen LogP contribution in [0.15, 0.2) is 47.3 Å². The standard InChI is InChI=1S/C24H30N4O2S/c1-3-26(19-7-4-6-18(2)16-19)10-5-11-28-23(29)21-17-20(27-12-14-30-15-13-27)8-9-22(21)25-24(28)31/h4,6-9,16-17H,3,5,10-15H2,1-2H3,(H,25,31). The molecule has 0 aliphatic carbocycles. The van der Waals surface area contributed by atoms with E-state index in [1.807, 2.05) is 18.2 Å². The van der Waals surface area contributed by atoms with Gasteiger partial charge in [-0.05, 0) is 68.4 Å². The molecule has 0 spiro atoms. The van der Waals surface area contributed by atoms with Crippen LogP contribution in [0.2, 0.25) is 0 Å². The highest BCUT2D eigenvalue weighted by Crippen LogP contribution is 2.20. The number of benzene rings is 2. The Morgan fingerprint density at radius 1 is 1.16 bits per heavy atom. The number of H-pyrrole nitrogens is 1. The molecule has 1 aliphatic rings. The first-order valence-corrected chi connectivity index (χ1v) is 11.4. The van der Waals surface area contributed by atoms with Gasteiger partial charge in [0.15, 0.2) is 4.77 Å². The zero-order chi connectivity index (χ0) is 21.8. The van der Waals surface area contributed by atoms with Crippen LogP contribution in [0.5, 0.6) is 0 Å². The van der Waals surface area contributed by atoms with Gasteiger partial charge in [-0.15, -0.1) is 0 Å². The summed E-state index contributed by atoms with van der Waals surface area (Å²) in [6, 6.07) is 14.5. The van der Waals surface area contributed by atoms with Crippen LogP contribution in [0, 0.1) is 11.7 Å². The van der Waals surface area contributed by atoms with E-state index in [0.717, 1.165) is 43.8 Å². The smallest absolute Gasteiger partial charge is 0.262 e. The van der Waals surface area contributed by atoms with Gasteiger partial charge in [0.1, 0.15) is 0 Å². The van der Waals surface area contributed by atoms with E-state index < -0.39 is 0 Å². The van der Waals surface area contributed by atoms with Crippen LogP contribution >= 0.6 is 12.2 Å². The average Bonchev–Trinajstić information content (AvgIpc) is 2.79. The van der Waals surface area contributed by atoms with Gasteiger partial charge in [-0.1, -0.05) is 12.1 Å². The Labute approximate surface area is 188 Å². The first kappa shape index (κ1) is 21.6. The molecule has 31 heavy (non-hydrogen) atoms. The van der Waals surface area contributed by atoms with Crippen molar-refractivity contribution in [2.45, 2.75) is 26.8 Å². The number of nitrogens with zero attached hydrogens (tertiary/aromatic N) is 3. The van der Waals surface area contributed by atoms with Crippen molar-refractivity contribution >= 4 is 34.5 Å². The Hall–Kier alpha value is -2.64. The Bertz CT molecular complexity index is 1160. The van der Waals surface area contributed by atoms with Crippen molar-refractivity contribution < 1.29 is 4.74 Å². The molecule has 7 heteroatoms. The van der Waals surface area contributed by atoms with Crippen molar-refractivity contribution in [3.8, 4) is 0 Å². The van der Waals surface area contributed by atoms with Gasteiger partial charge in [0.25, 0.3) is 5.56 Å². The number of aryl methyl sites for hydroxylation is 1. The van der Waals surface area contributed by atoms with Gasteiger partial charge in [-0.2, -0.15) is 0 Å². The molecule has 1 N–H and O–H groups in total. The maximum absolute atomic E-state index is 13.3. The zero-order valence-electron chi connectivity index (χ0n) is 18.3. The quantitative estimate of drug-likeness (QED) is 0.563. The molecule has 0 radical (unpaired) electrons. The fourth-order valence-corrected chi connectivity index (χ4v) is 4.46. The summed E-state index contributed by atoms with van der Waals surface area (Å²) in [5.41, 5.74) is 4.29. The number of hydrogen-bond acceptors (Lipinski definition) is 5. The molecule has 0 saturated carbocycles. The molecule has 1 aromatic heterocycles. The number of nitrogens with one attached hydrogen (secondary N) is 1. The minimum atomic E-state index is -0.0209. The number of hydrogen-bond donors (Lipinski definition) is 1. The van der Waals surface area contributed by atoms with Crippen LogP contribution in [0.25, 0.3) is 10.9 Å². The lowest BCUT2D eigenvalue weighted by Crippen LogP contribution is -2.36. The van der Waals surface area contributed by atoms with E-state index in [9.17, 15) is 4.79 Å². The maximum Gasteiger partial charge on any atom is 0.262 e. The lowest BCUT2D eigenvalue weighted by Gasteiger charge is -2.29. The van der Waals surface area contributed by atoms with Crippen molar-refractivity contribution in [1.29, 1.82) is 0 Å². The van der Waals surface area contributed by atoms with E-state index in [2.05, 4.69) is 52.9 Å². The zero-order valence-corrected chi connectivity index (χ0v) is 19.1. The number of ether oxygens (including phenoxy) is 1. The van der Waals surface area contributed by atoms with E-state index >= 15 is 0 Å². The van der Waals surface area contributed by atoms with Crippen LogP contribution in [0.3, 0.4) is 0 Å². The molecule has 4 rings (SSSR count). The number of aromatic amines is 1. The minimum absolute atomic E-state index is 0.0209. The lowest BCUT2D eigenvalue weighted by molar-refractivity contribution is 0.122. The number of morpholine rings is 1. The van der Waals surface area contributed by atoms with Crippen molar-refractivity contribution in [3.63, 3.8) is 0 Å². The number of fused-ring (bicyclic) bond motifs is 1. The third-order valence-electron chi connectivity index (χ3n) is 5.90. The van der Waals surface area contributed by atoms with Crippen molar-refractivity contribution in [2.75, 3.05) is 49.2 Å². The Morgan fingerprint density at radius 2 is 1.97 bits per heavy atom. The first-order chi connectivity index (χ1) is 15.1. The summed E-state index contributed by atoms with van der Waals surface area (Å²) in [5, 5.41) is 0.684. The second-order valence-electron chi connectivity index (χ2n) is 7.99. The molecular formula is C24H30N4O2S. The molecule has 1 fully saturated rings. The molecule has 2 heterocycles. The molecule has 0 bridgehead atoms. The van der Waals surface area contributed by atoms with Crippen molar-refractivity contribution in [3.05, 3.63) is 63.2 Å². The van der Waals surface area contributed by atoms with Crippen molar-refractivity contribution in [2.24, 2.45) is 0 Å². The summed E-state index contributed by atoms with van der Waals surface area (Å²) in [5.74, 6) is 0. The van der Waals surface area contributed by atoms with E-state index in [4.69, 9.17) is 17.0 Å². The highest BCUT2D eigenvalue weighted by molar-refractivity contribution is 7.71. The first-order valence-electron chi connectivity index (χ1n) is 11.0. The molecule has 3 aromatic rings. The number of aromatic nitrogens is 2. The summed E-state index contributed by atoms with van der Waals surface area (Å²) >= 11 is 5.51. The highest BCUT2D eigenvalue weighted by atomic mass is 32.1. The summed E-state index contributed by atoms with van der Waals surface area (Å²) in [6.45, 7) is 9.76. The third kappa shape index (κ3) is 4.83. The topological polar surface area (TPSA) is 53.5 Å². The molecule has 2 aromatic carbocycles. The summed E-state index contributed by atoms with van der Waals surface area (Å²) in [4.78, 5) is 21.1. The monoisotopic (exact) mass is 438 g/mol. The largest absolute Gasteiger partial charge is 0.378 e. The Kier molecular flexibility index (Phi) is 6.73. The molecule has 1 aliphatic heterocycles. The predicted molar refractivity (Wildman–Crippen MR) is 130 cm³/mol. The normalized spacial score (nSPS) is 14.2. The molecule has 0 unspecified atom stereocenters. The fraction of sp³-hybridized carbons (Fsp3) is 0.417. The average molecular weight is 439 g/mol. The molecule has 6 nitrogen and oxygen atoms in total. The van der Waals surface area contributed by atoms with Crippen LogP contribution in [0.4, 0.5) is 11.4 Å². The van der Waals surface area contributed by atoms with E-state index in [1.165, 1.54) is 11.3 Å². The number of anilines is 2. The van der Waals surface area contributed by atoms with E-state index in [1.54, 1.807) is 4.57 Å². The van der Waals surface area contributed by atoms with Crippen LogP contribution < -0.4 is 15.4 Å². The summed E-state index contributed by atoms with van der Waals surface area (Å²) in [6.07, 6.45) is 0.841. The van der Waals surface area contributed by atoms with Gasteiger partial charge < -0.3 is 19.5 Å². The molecule has 0 amide bonds. The molecule has 164 valence electrons. The van der Waals surface area contributed by atoms with Gasteiger partial charge in [0.2, 0.25) is 0 Å². The maximum atomic E-state index is 13.3. The van der Waals surface area contributed by atoms with Gasteiger partial charge in [-0.25, -0.2) is 0 Å². The SMILES string of the molecule is CCN(CCCn1c(=S)[nH]c2ccc(N3CCOCC3)cc2c1=O)c1cccc(C)c1. The fourth-order valence-electron chi connectivity index (χ4n) is 4.17. The highest BCUT2D eigenvalue weighted by Gasteiger charge is 2.14. The lowest BCUT2D eigenvalue weighted by atomic mass is 10.2. The Balaban J connectivity index is 1.54. The summed E-state index contributed by atoms with van der Waals surface area (Å²) < 4.78 is 7.63. The van der Waals surface area contributed by atoms with Crippen LogP contribution in [-0.2, 0) is 11.3 Å². The second-order valence-corrected chi connectivity index (χ2v) is 8.38. The molecule has 0 atom stereocenters.